The van der Waals surface area contributed by atoms with Crippen LogP contribution in [0.15, 0.2) is 86.1 Å². The minimum Gasteiger partial charge on any atom is -0.508 e. The largest absolute Gasteiger partial charge is 0.508 e. The Morgan fingerprint density at radius 2 is 0.798 bits per heavy atom. The van der Waals surface area contributed by atoms with E-state index in [1.807, 2.05) is 0 Å². The first-order chi connectivity index (χ1) is 41.9. The number of hydrogen-bond acceptors (Lipinski definition) is 25. The van der Waals surface area contributed by atoms with Gasteiger partial charge in [-0.25, -0.2) is 53.0 Å². The molecule has 0 amide bonds. The van der Waals surface area contributed by atoms with E-state index in [1.54, 1.807) is 72.6 Å². The Balaban J connectivity index is 0.000000218. The van der Waals surface area contributed by atoms with Gasteiger partial charge >= 0.3 is 18.0 Å². The molecule has 3 aliphatic heterocycles. The van der Waals surface area contributed by atoms with Crippen molar-refractivity contribution in [2.24, 2.45) is 0 Å². The maximum atomic E-state index is 15.0. The number of piperidine rings is 3. The van der Waals surface area contributed by atoms with Gasteiger partial charge in [0.2, 0.25) is 17.5 Å². The number of halogens is 11. The number of hydrogen-bond donors (Lipinski definition) is 5. The Labute approximate surface area is 513 Å². The quantitative estimate of drug-likeness (QED) is 0.0576. The first kappa shape index (κ1) is 70.2. The second-order valence-electron chi connectivity index (χ2n) is 18.2. The molecule has 8 aromatic rings. The van der Waals surface area contributed by atoms with Gasteiger partial charge in [-0.05, 0) is 74.5 Å². The molecule has 0 saturated carbocycles. The normalized spacial score (nSPS) is 13.9. The van der Waals surface area contributed by atoms with E-state index in [1.165, 1.54) is 6.33 Å². The molecule has 0 bridgehead atoms. The Morgan fingerprint density at radius 1 is 0.449 bits per heavy atom. The number of nitrogen functional groups attached to an aromatic ring is 3. The number of benzene rings is 2. The lowest BCUT2D eigenvalue weighted by Crippen LogP contribution is -2.39. The molecule has 0 aliphatic carbocycles. The van der Waals surface area contributed by atoms with Crippen molar-refractivity contribution in [2.45, 2.75) is 56.8 Å². The Bertz CT molecular complexity index is 3470. The predicted octanol–water partition coefficient (Wildman–Crippen LogP) is 7.76. The molecular formula is C53H57Cl2F9N18O7. The van der Waals surface area contributed by atoms with Crippen LogP contribution in [0.3, 0.4) is 0 Å². The lowest BCUT2D eigenvalue weighted by atomic mass is 10.1. The van der Waals surface area contributed by atoms with E-state index in [-0.39, 0.29) is 102 Å². The third-order valence-corrected chi connectivity index (χ3v) is 12.4. The van der Waals surface area contributed by atoms with Gasteiger partial charge in [0.1, 0.15) is 60.3 Å². The lowest BCUT2D eigenvalue weighted by molar-refractivity contribution is 0.148. The maximum Gasteiger partial charge on any atom is 0.318 e. The molecule has 0 spiro atoms. The highest BCUT2D eigenvalue weighted by Crippen LogP contribution is 2.31. The summed E-state index contributed by atoms with van der Waals surface area (Å²) in [5, 5.41) is 12.0. The van der Waals surface area contributed by atoms with Gasteiger partial charge in [0, 0.05) is 51.9 Å². The topological polar surface area (TPSA) is 327 Å². The average Bonchev–Trinajstić information content (AvgIpc) is 2.91. The van der Waals surface area contributed by atoms with Crippen LogP contribution in [0.2, 0.25) is 0 Å². The Kier molecular flexibility index (Phi) is 27.4. The molecule has 11 rings (SSSR count). The highest BCUT2D eigenvalue weighted by atomic mass is 35.5. The van der Waals surface area contributed by atoms with E-state index in [2.05, 4.69) is 65.1 Å². The van der Waals surface area contributed by atoms with Crippen LogP contribution in [0.4, 0.5) is 68.6 Å². The number of phenols is 1. The van der Waals surface area contributed by atoms with Crippen molar-refractivity contribution in [1.82, 2.24) is 65.1 Å². The summed E-state index contributed by atoms with van der Waals surface area (Å²) in [5.41, 5.74) is 16.1. The van der Waals surface area contributed by atoms with Gasteiger partial charge in [0.25, 0.3) is 23.7 Å². The minimum absolute atomic E-state index is 0. The number of methoxy groups -OCH3 is 2. The second kappa shape index (κ2) is 34.7. The molecule has 478 valence electrons. The van der Waals surface area contributed by atoms with Crippen molar-refractivity contribution in [3.63, 3.8) is 0 Å². The fourth-order valence-electron chi connectivity index (χ4n) is 7.86. The third-order valence-electron chi connectivity index (χ3n) is 12.4. The summed E-state index contributed by atoms with van der Waals surface area (Å²) in [4.78, 5) is 46.2. The van der Waals surface area contributed by atoms with Gasteiger partial charge in [-0.15, -0.1) is 24.8 Å². The maximum absolute atomic E-state index is 15.0. The molecule has 25 nitrogen and oxygen atoms in total. The van der Waals surface area contributed by atoms with Crippen LogP contribution in [0.25, 0.3) is 0 Å². The predicted molar refractivity (Wildman–Crippen MR) is 306 cm³/mol. The zero-order chi connectivity index (χ0) is 62.4. The number of anilines is 5. The van der Waals surface area contributed by atoms with Crippen LogP contribution in [-0.2, 0) is 0 Å². The van der Waals surface area contributed by atoms with E-state index in [4.69, 9.17) is 50.7 Å². The number of phenolic OH excluding ortho intramolecular Hbond substituents is 1. The molecule has 8 N–H and O–H groups in total. The molecule has 0 unspecified atom stereocenters. The van der Waals surface area contributed by atoms with Gasteiger partial charge < -0.3 is 65.8 Å². The van der Waals surface area contributed by atoms with Crippen LogP contribution in [-0.4, -0.2) is 137 Å². The summed E-state index contributed by atoms with van der Waals surface area (Å²) in [7, 11) is 3.15. The van der Waals surface area contributed by atoms with Crippen molar-refractivity contribution in [2.75, 3.05) is 80.5 Å². The number of aromatic nitrogens is 12. The number of nitrogens with two attached hydrogens (primary N) is 3. The lowest BCUT2D eigenvalue weighted by Gasteiger charge is -2.32. The van der Waals surface area contributed by atoms with Crippen molar-refractivity contribution in [1.29, 1.82) is 0 Å². The van der Waals surface area contributed by atoms with E-state index in [0.717, 1.165) is 56.6 Å². The molecular weight excluding hydrogens is 1240 g/mol. The minimum atomic E-state index is -1.64. The zero-order valence-electron chi connectivity index (χ0n) is 46.9. The zero-order valence-corrected chi connectivity index (χ0v) is 48.5. The van der Waals surface area contributed by atoms with Crippen LogP contribution in [0, 0.1) is 52.7 Å². The first-order valence-electron chi connectivity index (χ1n) is 26.0. The number of rotatable bonds is 12. The van der Waals surface area contributed by atoms with E-state index < -0.39 is 52.7 Å². The van der Waals surface area contributed by atoms with Crippen LogP contribution < -0.4 is 60.7 Å². The molecule has 3 aliphatic rings. The van der Waals surface area contributed by atoms with Crippen molar-refractivity contribution >= 4 is 53.9 Å². The molecule has 0 radical (unpaired) electrons. The summed E-state index contributed by atoms with van der Waals surface area (Å²) >= 11 is 0. The van der Waals surface area contributed by atoms with Crippen molar-refractivity contribution in [3.8, 4) is 46.9 Å². The molecule has 3 saturated heterocycles. The van der Waals surface area contributed by atoms with E-state index in [9.17, 15) is 39.5 Å². The highest BCUT2D eigenvalue weighted by molar-refractivity contribution is 5.85. The monoisotopic (exact) mass is 1300 g/mol. The number of ether oxygens (including phenoxy) is 6. The fraction of sp³-hybridized carbons (Fsp3) is 0.321. The second-order valence-corrected chi connectivity index (χ2v) is 18.2. The van der Waals surface area contributed by atoms with Crippen molar-refractivity contribution < 1.29 is 73.0 Å². The standard InChI is InChI=1S/C20H20F2N6O3.C13H13F3N6O.C9H13FN4O.C7H8O2.C4HF3N2.2ClH/c1-29-12-2-4-13(5-3-12)30-19-16(22)18(25-11-26-19)28-8-6-14(7-9-28)31-20-24-10-15(21)17(23)27-20;14-8-5-18-13(21-11(8)17)23-7-1-3-22(4-2-7)12-9(15)10(16)19-6-20-12;10-7-5-13-9(14-8(7)11)15-6-1-3-12-4-2-6;1-9-7-4-2-6(8)3-5-7;5-2-3(6)8-1-9-4(2)7;;/h2-5,10-11,14H,6-9H2,1H3,(H2,23,24,27);5-7H,1-4H2,(H2,17,18,21);5-6,12H,1-4H2,(H2,11,13,14);2-5,8H,1H3;1H;2*1H. The van der Waals surface area contributed by atoms with Crippen LogP contribution >= 0.6 is 24.8 Å². The van der Waals surface area contributed by atoms with Gasteiger partial charge in [-0.1, -0.05) is 0 Å². The molecule has 6 aromatic heterocycles. The van der Waals surface area contributed by atoms with Gasteiger partial charge in [-0.2, -0.15) is 46.3 Å². The molecule has 9 heterocycles. The Morgan fingerprint density at radius 3 is 1.19 bits per heavy atom. The van der Waals surface area contributed by atoms with Crippen LogP contribution in [0.5, 0.6) is 46.9 Å². The van der Waals surface area contributed by atoms with Gasteiger partial charge in [0.05, 0.1) is 32.8 Å². The number of nitrogens with zero attached hydrogens (tertiary/aromatic N) is 14. The Hall–Kier alpha value is -9.57. The SMILES string of the molecule is COc1ccc(O)cc1.COc1ccc(Oc2ncnc(N3CCC(Oc4ncc(F)c(N)n4)CC3)c2F)cc1.Cl.Cl.Fc1ncnc(F)c1F.Nc1nc(OC2CCN(c3ncnc(F)c3F)CC2)ncc1F.Nc1nc(OC2CCNCC2)ncc1F. The van der Waals surface area contributed by atoms with E-state index >= 15 is 0 Å². The first-order valence-corrected chi connectivity index (χ1v) is 26.0. The van der Waals surface area contributed by atoms with E-state index in [0.29, 0.717) is 69.7 Å². The average molecular weight is 1300 g/mol. The molecule has 3 fully saturated rings. The molecule has 89 heavy (non-hydrogen) atoms. The van der Waals surface area contributed by atoms with Gasteiger partial charge in [-0.3, -0.25) is 0 Å². The number of nitrogens with one attached hydrogen (secondary N) is 1. The summed E-state index contributed by atoms with van der Waals surface area (Å²) in [6.07, 6.45) is 9.41. The number of aromatic hydroxyl groups is 1. The smallest absolute Gasteiger partial charge is 0.318 e. The molecule has 2 aromatic carbocycles. The summed E-state index contributed by atoms with van der Waals surface area (Å²) in [6.45, 7) is 3.63. The summed E-state index contributed by atoms with van der Waals surface area (Å²) < 4.78 is 148. The van der Waals surface area contributed by atoms with Crippen LogP contribution in [0.1, 0.15) is 38.5 Å². The van der Waals surface area contributed by atoms with Gasteiger partial charge in [0.15, 0.2) is 46.5 Å². The summed E-state index contributed by atoms with van der Waals surface area (Å²) in [6, 6.07) is 13.5. The third kappa shape index (κ3) is 21.1. The fourth-order valence-corrected chi connectivity index (χ4v) is 7.86. The highest BCUT2D eigenvalue weighted by Gasteiger charge is 2.28. The van der Waals surface area contributed by atoms with Crippen molar-refractivity contribution in [3.05, 3.63) is 139 Å². The molecule has 36 heteroatoms. The molecule has 0 atom stereocenters. The summed E-state index contributed by atoms with van der Waals surface area (Å²) in [5.74, 6) is -8.21.